The minimum absolute atomic E-state index is 0.0389. The van der Waals surface area contributed by atoms with Crippen LogP contribution >= 0.6 is 11.6 Å². The van der Waals surface area contributed by atoms with Crippen LogP contribution in [0.15, 0.2) is 40.9 Å². The van der Waals surface area contributed by atoms with Crippen LogP contribution in [0.25, 0.3) is 11.4 Å². The molecule has 1 saturated heterocycles. The number of methoxy groups -OCH3 is 3. The molecule has 1 amide bonds. The molecule has 1 aromatic heterocycles. The number of rotatable bonds is 6. The summed E-state index contributed by atoms with van der Waals surface area (Å²) < 4.78 is 21.3. The number of ether oxygens (including phenoxy) is 3. The van der Waals surface area contributed by atoms with Gasteiger partial charge in [-0.2, -0.15) is 4.98 Å². The Morgan fingerprint density at radius 1 is 1.07 bits per heavy atom. The molecule has 1 aliphatic rings. The quantitative estimate of drug-likeness (QED) is 0.586. The number of hydrogen-bond acceptors (Lipinski definition) is 7. The van der Waals surface area contributed by atoms with Crippen LogP contribution in [-0.2, 0) is 4.79 Å². The summed E-state index contributed by atoms with van der Waals surface area (Å²) in [7, 11) is 4.69. The molecule has 4 rings (SSSR count). The predicted molar refractivity (Wildman–Crippen MR) is 111 cm³/mol. The minimum atomic E-state index is -0.219. The summed E-state index contributed by atoms with van der Waals surface area (Å²) in [6, 6.07) is 10.6. The number of amides is 1. The molecule has 0 aliphatic carbocycles. The van der Waals surface area contributed by atoms with Crippen LogP contribution in [0.5, 0.6) is 17.2 Å². The third-order valence-corrected chi connectivity index (χ3v) is 5.31. The van der Waals surface area contributed by atoms with Crippen molar-refractivity contribution in [3.8, 4) is 28.6 Å². The maximum Gasteiger partial charge on any atom is 0.232 e. The van der Waals surface area contributed by atoms with Crippen LogP contribution in [-0.4, -0.2) is 43.9 Å². The molecule has 30 heavy (non-hydrogen) atoms. The van der Waals surface area contributed by atoms with Gasteiger partial charge < -0.3 is 23.6 Å². The van der Waals surface area contributed by atoms with Crippen molar-refractivity contribution < 1.29 is 23.5 Å². The Kier molecular flexibility index (Phi) is 5.50. The molecular weight excluding hydrogens is 410 g/mol. The van der Waals surface area contributed by atoms with E-state index < -0.39 is 0 Å². The maximum atomic E-state index is 12.6. The molecule has 1 aliphatic heterocycles. The summed E-state index contributed by atoms with van der Waals surface area (Å²) in [5.41, 5.74) is 1.38. The Hall–Kier alpha value is -3.26. The van der Waals surface area contributed by atoms with Gasteiger partial charge >= 0.3 is 0 Å². The molecule has 1 fully saturated rings. The third kappa shape index (κ3) is 3.66. The zero-order valence-corrected chi connectivity index (χ0v) is 17.5. The van der Waals surface area contributed by atoms with E-state index in [9.17, 15) is 4.79 Å². The van der Waals surface area contributed by atoms with Crippen LogP contribution in [0.4, 0.5) is 5.69 Å². The van der Waals surface area contributed by atoms with Crippen molar-refractivity contribution in [2.24, 2.45) is 0 Å². The van der Waals surface area contributed by atoms with Crippen molar-refractivity contribution in [3.05, 3.63) is 47.3 Å². The van der Waals surface area contributed by atoms with Gasteiger partial charge in [-0.1, -0.05) is 16.8 Å². The van der Waals surface area contributed by atoms with Crippen molar-refractivity contribution in [1.29, 1.82) is 0 Å². The fraction of sp³-hybridized carbons (Fsp3) is 0.286. The molecule has 2 heterocycles. The van der Waals surface area contributed by atoms with Gasteiger partial charge in [0.05, 0.1) is 37.8 Å². The molecular formula is C21H20ClN3O5. The molecule has 0 spiro atoms. The number of anilines is 1. The number of aromatic nitrogens is 2. The van der Waals surface area contributed by atoms with Gasteiger partial charge in [0.2, 0.25) is 17.6 Å². The Bertz CT molecular complexity index is 1080. The van der Waals surface area contributed by atoms with Crippen LogP contribution in [0.2, 0.25) is 5.02 Å². The second-order valence-electron chi connectivity index (χ2n) is 6.75. The Balaban J connectivity index is 1.56. The van der Waals surface area contributed by atoms with Crippen molar-refractivity contribution in [2.75, 3.05) is 32.8 Å². The van der Waals surface area contributed by atoms with Gasteiger partial charge in [-0.3, -0.25) is 4.79 Å². The molecule has 0 bridgehead atoms. The van der Waals surface area contributed by atoms with Crippen LogP contribution in [0, 0.1) is 0 Å². The van der Waals surface area contributed by atoms with Crippen LogP contribution in [0.3, 0.4) is 0 Å². The fourth-order valence-corrected chi connectivity index (χ4v) is 3.69. The molecule has 1 unspecified atom stereocenters. The molecule has 9 heteroatoms. The number of hydrogen-bond donors (Lipinski definition) is 0. The average molecular weight is 430 g/mol. The van der Waals surface area contributed by atoms with E-state index in [4.69, 9.17) is 30.3 Å². The summed E-state index contributed by atoms with van der Waals surface area (Å²) in [4.78, 5) is 18.8. The molecule has 156 valence electrons. The van der Waals surface area contributed by atoms with Crippen molar-refractivity contribution in [2.45, 2.75) is 12.3 Å². The molecule has 0 N–H and O–H groups in total. The Labute approximate surface area is 178 Å². The minimum Gasteiger partial charge on any atom is -0.497 e. The summed E-state index contributed by atoms with van der Waals surface area (Å²) in [6.45, 7) is 0.420. The van der Waals surface area contributed by atoms with Gasteiger partial charge in [0.25, 0.3) is 0 Å². The van der Waals surface area contributed by atoms with Gasteiger partial charge in [0.15, 0.2) is 0 Å². The highest BCUT2D eigenvalue weighted by Gasteiger charge is 2.35. The van der Waals surface area contributed by atoms with Crippen LogP contribution < -0.4 is 19.1 Å². The molecule has 0 radical (unpaired) electrons. The van der Waals surface area contributed by atoms with Gasteiger partial charge in [-0.25, -0.2) is 0 Å². The van der Waals surface area contributed by atoms with E-state index in [1.54, 1.807) is 62.6 Å². The monoisotopic (exact) mass is 429 g/mol. The highest BCUT2D eigenvalue weighted by atomic mass is 35.5. The van der Waals surface area contributed by atoms with E-state index in [1.807, 2.05) is 0 Å². The standard InChI is InChI=1S/C21H20ClN3O5/c1-27-14-5-6-15(18(10-14)29-3)20-23-21(30-24-20)12-8-19(26)25(11-12)13-4-7-17(28-2)16(22)9-13/h4-7,9-10,12H,8,11H2,1-3H3. The first-order valence-corrected chi connectivity index (χ1v) is 9.61. The molecule has 1 atom stereocenters. The molecule has 8 nitrogen and oxygen atoms in total. The summed E-state index contributed by atoms with van der Waals surface area (Å²) in [6.07, 6.45) is 0.269. The Morgan fingerprint density at radius 2 is 1.87 bits per heavy atom. The summed E-state index contributed by atoms with van der Waals surface area (Å²) in [5.74, 6) is 2.32. The van der Waals surface area contributed by atoms with Crippen molar-refractivity contribution in [3.63, 3.8) is 0 Å². The zero-order chi connectivity index (χ0) is 21.3. The number of carbonyl (C=O) groups is 1. The van der Waals surface area contributed by atoms with Gasteiger partial charge in [-0.05, 0) is 30.3 Å². The average Bonchev–Trinajstić information content (AvgIpc) is 3.40. The number of halogens is 1. The smallest absolute Gasteiger partial charge is 0.232 e. The van der Waals surface area contributed by atoms with E-state index in [0.717, 1.165) is 0 Å². The zero-order valence-electron chi connectivity index (χ0n) is 16.7. The lowest BCUT2D eigenvalue weighted by atomic mass is 10.1. The maximum absolute atomic E-state index is 12.6. The second-order valence-corrected chi connectivity index (χ2v) is 7.15. The summed E-state index contributed by atoms with van der Waals surface area (Å²) >= 11 is 6.21. The Morgan fingerprint density at radius 3 is 2.57 bits per heavy atom. The largest absolute Gasteiger partial charge is 0.497 e. The lowest BCUT2D eigenvalue weighted by Crippen LogP contribution is -2.24. The van der Waals surface area contributed by atoms with Crippen molar-refractivity contribution >= 4 is 23.2 Å². The van der Waals surface area contributed by atoms with E-state index in [1.165, 1.54) is 0 Å². The van der Waals surface area contributed by atoms with Gasteiger partial charge in [-0.15, -0.1) is 0 Å². The lowest BCUT2D eigenvalue weighted by Gasteiger charge is -2.17. The van der Waals surface area contributed by atoms with E-state index in [-0.39, 0.29) is 18.2 Å². The topological polar surface area (TPSA) is 86.9 Å². The van der Waals surface area contributed by atoms with E-state index >= 15 is 0 Å². The third-order valence-electron chi connectivity index (χ3n) is 5.01. The molecule has 0 saturated carbocycles. The first kappa shape index (κ1) is 20.0. The number of benzene rings is 2. The predicted octanol–water partition coefficient (Wildman–Crippen LogP) is 3.94. The second kappa shape index (κ2) is 8.23. The summed E-state index contributed by atoms with van der Waals surface area (Å²) in [5, 5.41) is 4.52. The first-order valence-electron chi connectivity index (χ1n) is 9.24. The highest BCUT2D eigenvalue weighted by Crippen LogP contribution is 2.36. The number of nitrogens with zero attached hydrogens (tertiary/aromatic N) is 3. The normalized spacial score (nSPS) is 16.1. The van der Waals surface area contributed by atoms with Crippen LogP contribution in [0.1, 0.15) is 18.2 Å². The fourth-order valence-electron chi connectivity index (χ4n) is 3.44. The van der Waals surface area contributed by atoms with E-state index in [0.29, 0.717) is 51.8 Å². The first-order chi connectivity index (χ1) is 14.5. The van der Waals surface area contributed by atoms with Gasteiger partial charge in [0.1, 0.15) is 17.2 Å². The molecule has 3 aromatic rings. The lowest BCUT2D eigenvalue weighted by molar-refractivity contribution is -0.117. The highest BCUT2D eigenvalue weighted by molar-refractivity contribution is 6.32. The SMILES string of the molecule is COc1ccc(-c2noc(C3CC(=O)N(c4ccc(OC)c(Cl)c4)C3)n2)c(OC)c1. The van der Waals surface area contributed by atoms with E-state index in [2.05, 4.69) is 10.1 Å². The van der Waals surface area contributed by atoms with Gasteiger partial charge in [0, 0.05) is 24.7 Å². The van der Waals surface area contributed by atoms with Crippen molar-refractivity contribution in [1.82, 2.24) is 10.1 Å². The number of carbonyl (C=O) groups excluding carboxylic acids is 1. The molecule has 2 aromatic carbocycles.